The van der Waals surface area contributed by atoms with Crippen molar-refractivity contribution in [1.29, 1.82) is 0 Å². The molecule has 0 radical (unpaired) electrons. The van der Waals surface area contributed by atoms with E-state index in [0.29, 0.717) is 6.92 Å². The first kappa shape index (κ1) is 29.6. The van der Waals surface area contributed by atoms with E-state index < -0.39 is 60.3 Å². The molecule has 0 aliphatic carbocycles. The molecule has 0 spiro atoms. The van der Waals surface area contributed by atoms with Gasteiger partial charge in [0.05, 0.1) is 6.61 Å². The smallest absolute Gasteiger partial charge is 0.316 e. The van der Waals surface area contributed by atoms with Gasteiger partial charge in [-0.3, -0.25) is 0 Å². The monoisotopic (exact) mass is 514 g/mol. The summed E-state index contributed by atoms with van der Waals surface area (Å²) < 4.78 is 247. The van der Waals surface area contributed by atoms with Crippen molar-refractivity contribution in [3.63, 3.8) is 0 Å². The predicted molar refractivity (Wildman–Crippen MR) is 57.3 cm³/mol. The van der Waals surface area contributed by atoms with Gasteiger partial charge in [-0.2, -0.15) is 79.0 Å². The molecule has 31 heavy (non-hydrogen) atoms. The molecule has 0 aliphatic rings. The molecule has 0 saturated heterocycles. The molecular weight excluding hydrogens is 509 g/mol. The van der Waals surface area contributed by atoms with Crippen molar-refractivity contribution in [2.75, 3.05) is 6.61 Å². The van der Waals surface area contributed by atoms with Gasteiger partial charge in [0, 0.05) is 0 Å². The molecular formula is C11H5F19O. The zero-order valence-corrected chi connectivity index (χ0v) is 13.8. The molecule has 0 aliphatic heterocycles. The molecule has 0 aromatic heterocycles. The van der Waals surface area contributed by atoms with Gasteiger partial charge in [-0.25, -0.2) is 4.39 Å². The fraction of sp³-hybridized carbons (Fsp3) is 1.00. The summed E-state index contributed by atoms with van der Waals surface area (Å²) in [4.78, 5) is 0. The zero-order valence-electron chi connectivity index (χ0n) is 13.8. The minimum absolute atomic E-state index is 0.299. The maximum atomic E-state index is 13.3. The van der Waals surface area contributed by atoms with Crippen molar-refractivity contribution in [2.45, 2.75) is 60.7 Å². The average molecular weight is 514 g/mol. The van der Waals surface area contributed by atoms with Crippen LogP contribution in [-0.2, 0) is 4.74 Å². The Labute approximate surface area is 157 Å². The highest BCUT2D eigenvalue weighted by Crippen LogP contribution is 2.66. The van der Waals surface area contributed by atoms with Crippen LogP contribution in [0.1, 0.15) is 6.92 Å². The standard InChI is InChI=1S/C11H5F19O/c1-2-31-11(29,30)8(21,22)7(19,20)6(17,18)5(15,16)4(13,14)3(12,9(23,24)25)10(26,27)28/h2H2,1H3. The summed E-state index contributed by atoms with van der Waals surface area (Å²) in [5, 5.41) is 0. The molecule has 20 heteroatoms. The summed E-state index contributed by atoms with van der Waals surface area (Å²) in [5.41, 5.74) is -8.73. The molecule has 188 valence electrons. The Morgan fingerprint density at radius 1 is 0.419 bits per heavy atom. The summed E-state index contributed by atoms with van der Waals surface area (Å²) in [6.07, 6.45) is -23.5. The number of halogens is 19. The van der Waals surface area contributed by atoms with Crippen LogP contribution in [0.25, 0.3) is 0 Å². The van der Waals surface area contributed by atoms with E-state index in [-0.39, 0.29) is 0 Å². The van der Waals surface area contributed by atoms with E-state index in [0.717, 1.165) is 0 Å². The fourth-order valence-corrected chi connectivity index (χ4v) is 1.78. The van der Waals surface area contributed by atoms with E-state index in [1.165, 1.54) is 0 Å². The quantitative estimate of drug-likeness (QED) is 0.331. The Morgan fingerprint density at radius 2 is 0.677 bits per heavy atom. The van der Waals surface area contributed by atoms with Crippen molar-refractivity contribution in [3.8, 4) is 0 Å². The molecule has 0 heterocycles. The van der Waals surface area contributed by atoms with Crippen molar-refractivity contribution in [1.82, 2.24) is 0 Å². The average Bonchev–Trinajstić information content (AvgIpc) is 2.50. The highest BCUT2D eigenvalue weighted by Gasteiger charge is 2.98. The van der Waals surface area contributed by atoms with Crippen molar-refractivity contribution in [3.05, 3.63) is 0 Å². The summed E-state index contributed by atoms with van der Waals surface area (Å²) in [7, 11) is 0. The van der Waals surface area contributed by atoms with Crippen LogP contribution in [0, 0.1) is 0 Å². The van der Waals surface area contributed by atoms with E-state index >= 15 is 0 Å². The minimum atomic E-state index is -9.00. The molecule has 0 aromatic rings. The van der Waals surface area contributed by atoms with E-state index in [9.17, 15) is 83.4 Å². The highest BCUT2D eigenvalue weighted by atomic mass is 19.4. The van der Waals surface area contributed by atoms with Gasteiger partial charge in [-0.1, -0.05) is 0 Å². The molecule has 0 N–H and O–H groups in total. The first-order valence-corrected chi connectivity index (χ1v) is 6.79. The maximum absolute atomic E-state index is 13.3. The van der Waals surface area contributed by atoms with Crippen molar-refractivity contribution >= 4 is 0 Å². The SMILES string of the molecule is CCOC(F)(F)C(F)(F)C(F)(F)C(F)(F)C(F)(F)C(F)(F)C(F)(C(F)(F)F)C(F)(F)F. The van der Waals surface area contributed by atoms with E-state index in [1.807, 2.05) is 0 Å². The zero-order chi connectivity index (χ0) is 25.9. The number of hydrogen-bond acceptors (Lipinski definition) is 1. The second-order valence-corrected chi connectivity index (χ2v) is 5.48. The largest absolute Gasteiger partial charge is 0.438 e. The van der Waals surface area contributed by atoms with Crippen molar-refractivity contribution in [2.24, 2.45) is 0 Å². The Balaban J connectivity index is 7.03. The predicted octanol–water partition coefficient (Wildman–Crippen LogP) is 6.63. The number of rotatable bonds is 8. The molecule has 1 nitrogen and oxygen atoms in total. The van der Waals surface area contributed by atoms with Gasteiger partial charge < -0.3 is 4.74 Å². The van der Waals surface area contributed by atoms with Crippen LogP contribution in [-0.4, -0.2) is 60.3 Å². The summed E-state index contributed by atoms with van der Waals surface area (Å²) in [6, 6.07) is 0. The van der Waals surface area contributed by atoms with Crippen LogP contribution in [0.2, 0.25) is 0 Å². The fourth-order valence-electron chi connectivity index (χ4n) is 1.78. The number of hydrogen-bond donors (Lipinski definition) is 0. The lowest BCUT2D eigenvalue weighted by Crippen LogP contribution is -2.77. The lowest BCUT2D eigenvalue weighted by molar-refractivity contribution is -0.484. The molecule has 0 unspecified atom stereocenters. The van der Waals surface area contributed by atoms with Gasteiger partial charge in [0.15, 0.2) is 0 Å². The first-order valence-electron chi connectivity index (χ1n) is 6.79. The molecule has 0 fully saturated rings. The van der Waals surface area contributed by atoms with Crippen molar-refractivity contribution < 1.29 is 88.2 Å². The third kappa shape index (κ3) is 3.65. The van der Waals surface area contributed by atoms with Crippen LogP contribution in [0.15, 0.2) is 0 Å². The van der Waals surface area contributed by atoms with Gasteiger partial charge in [0.25, 0.3) is 0 Å². The Bertz CT molecular complexity index is 626. The number of ether oxygens (including phenoxy) is 1. The first-order chi connectivity index (χ1) is 13.1. The molecule has 0 saturated carbocycles. The number of alkyl halides is 19. The van der Waals surface area contributed by atoms with Gasteiger partial charge in [0.2, 0.25) is 0 Å². The summed E-state index contributed by atoms with van der Waals surface area (Å²) in [5.74, 6) is -43.4. The topological polar surface area (TPSA) is 9.23 Å². The Hall–Kier alpha value is -1.37. The highest BCUT2D eigenvalue weighted by molar-refractivity contribution is 5.18. The van der Waals surface area contributed by atoms with Crippen LogP contribution >= 0.6 is 0 Å². The normalized spacial score (nSPS) is 16.6. The summed E-state index contributed by atoms with van der Waals surface area (Å²) in [6.45, 7) is -1.46. The molecule has 0 bridgehead atoms. The Kier molecular flexibility index (Phi) is 7.00. The molecule has 0 amide bonds. The van der Waals surface area contributed by atoms with Crippen LogP contribution in [0.3, 0.4) is 0 Å². The maximum Gasteiger partial charge on any atom is 0.438 e. The van der Waals surface area contributed by atoms with Crippen LogP contribution in [0.5, 0.6) is 0 Å². The van der Waals surface area contributed by atoms with Crippen LogP contribution < -0.4 is 0 Å². The molecule has 0 aromatic carbocycles. The molecule has 0 rings (SSSR count). The third-order valence-electron chi connectivity index (χ3n) is 3.48. The van der Waals surface area contributed by atoms with E-state index in [4.69, 9.17) is 0 Å². The third-order valence-corrected chi connectivity index (χ3v) is 3.48. The molecule has 0 atom stereocenters. The Morgan fingerprint density at radius 3 is 0.935 bits per heavy atom. The van der Waals surface area contributed by atoms with Gasteiger partial charge >= 0.3 is 53.7 Å². The second kappa shape index (κ2) is 7.32. The van der Waals surface area contributed by atoms with Crippen LogP contribution in [0.4, 0.5) is 83.4 Å². The minimum Gasteiger partial charge on any atom is -0.316 e. The van der Waals surface area contributed by atoms with Gasteiger partial charge in [-0.05, 0) is 6.92 Å². The van der Waals surface area contributed by atoms with E-state index in [2.05, 4.69) is 4.74 Å². The van der Waals surface area contributed by atoms with Gasteiger partial charge in [0.1, 0.15) is 0 Å². The van der Waals surface area contributed by atoms with Gasteiger partial charge in [-0.15, -0.1) is 0 Å². The summed E-state index contributed by atoms with van der Waals surface area (Å²) >= 11 is 0. The lowest BCUT2D eigenvalue weighted by atomic mass is 9.84. The lowest BCUT2D eigenvalue weighted by Gasteiger charge is -2.44. The van der Waals surface area contributed by atoms with E-state index in [1.54, 1.807) is 0 Å². The second-order valence-electron chi connectivity index (χ2n) is 5.48.